The minimum atomic E-state index is -4.64. The van der Waals surface area contributed by atoms with Gasteiger partial charge in [-0.15, -0.1) is 0 Å². The third-order valence-electron chi connectivity index (χ3n) is 5.78. The van der Waals surface area contributed by atoms with E-state index >= 15 is 0 Å². The number of pyridine rings is 2. The lowest BCUT2D eigenvalue weighted by molar-refractivity contribution is -0.153. The molecule has 3 aromatic heterocycles. The Morgan fingerprint density at radius 1 is 1.25 bits per heavy atom. The third kappa shape index (κ3) is 5.86. The van der Waals surface area contributed by atoms with Crippen LogP contribution in [-0.2, 0) is 9.84 Å². The van der Waals surface area contributed by atoms with E-state index in [9.17, 15) is 30.8 Å². The largest absolute Gasteiger partial charge is 0.478 e. The van der Waals surface area contributed by atoms with Gasteiger partial charge in [0.1, 0.15) is 32.7 Å². The van der Waals surface area contributed by atoms with E-state index in [4.69, 9.17) is 4.74 Å². The number of rotatable bonds is 6. The summed E-state index contributed by atoms with van der Waals surface area (Å²) in [4.78, 5) is 21.0. The lowest BCUT2D eigenvalue weighted by Crippen LogP contribution is -2.51. The fourth-order valence-electron chi connectivity index (χ4n) is 3.72. The maximum atomic E-state index is 13.5. The maximum Gasteiger partial charge on any atom is 0.422 e. The van der Waals surface area contributed by atoms with Gasteiger partial charge >= 0.3 is 6.18 Å². The number of aryl methyl sites for hydroxylation is 1. The Bertz CT molecular complexity index is 1410. The van der Waals surface area contributed by atoms with Crippen LogP contribution in [0, 0.1) is 12.7 Å². The zero-order valence-corrected chi connectivity index (χ0v) is 20.0. The van der Waals surface area contributed by atoms with Crippen LogP contribution in [0.4, 0.5) is 17.6 Å². The number of fused-ring (bicyclic) bond motifs is 1. The van der Waals surface area contributed by atoms with Gasteiger partial charge in [0, 0.05) is 11.6 Å². The van der Waals surface area contributed by atoms with Crippen molar-refractivity contribution in [2.75, 3.05) is 18.1 Å². The molecule has 1 amide bonds. The normalized spacial score (nSPS) is 17.1. The molecule has 1 aliphatic rings. The van der Waals surface area contributed by atoms with Crippen LogP contribution in [-0.4, -0.2) is 58.5 Å². The SMILES string of the molecule is Cc1c(C(=O)NC2(C)CCS(=O)(=O)CC2)nc2ccc(Oc3ncc(F)cc3OCC(F)(F)F)cn12. The van der Waals surface area contributed by atoms with Gasteiger partial charge in [-0.2, -0.15) is 13.2 Å². The minimum Gasteiger partial charge on any atom is -0.478 e. The van der Waals surface area contributed by atoms with E-state index in [2.05, 4.69) is 20.0 Å². The van der Waals surface area contributed by atoms with Crippen LogP contribution in [0.1, 0.15) is 35.9 Å². The number of nitrogens with one attached hydrogen (secondary N) is 1. The van der Waals surface area contributed by atoms with Gasteiger partial charge in [-0.1, -0.05) is 0 Å². The lowest BCUT2D eigenvalue weighted by Gasteiger charge is -2.34. The van der Waals surface area contributed by atoms with Crippen LogP contribution in [0.25, 0.3) is 5.65 Å². The molecule has 1 saturated heterocycles. The molecule has 0 bridgehead atoms. The molecule has 36 heavy (non-hydrogen) atoms. The van der Waals surface area contributed by atoms with Crippen LogP contribution < -0.4 is 14.8 Å². The van der Waals surface area contributed by atoms with Crippen molar-refractivity contribution in [3.05, 3.63) is 47.8 Å². The minimum absolute atomic E-state index is 0.0132. The second-order valence-electron chi connectivity index (χ2n) is 8.77. The number of carbonyl (C=O) groups excluding carboxylic acids is 1. The van der Waals surface area contributed by atoms with Crippen molar-refractivity contribution < 1.29 is 40.2 Å². The molecule has 0 saturated carbocycles. The number of nitrogens with zero attached hydrogens (tertiary/aromatic N) is 3. The summed E-state index contributed by atoms with van der Waals surface area (Å²) in [7, 11) is -3.11. The third-order valence-corrected chi connectivity index (χ3v) is 7.43. The zero-order valence-electron chi connectivity index (χ0n) is 19.2. The first-order chi connectivity index (χ1) is 16.7. The van der Waals surface area contributed by atoms with Crippen molar-refractivity contribution in [2.45, 2.75) is 38.4 Å². The number of sulfone groups is 1. The number of halogens is 4. The number of hydrogen-bond donors (Lipinski definition) is 1. The molecule has 1 aliphatic heterocycles. The van der Waals surface area contributed by atoms with Crippen LogP contribution in [0.15, 0.2) is 30.6 Å². The van der Waals surface area contributed by atoms with Crippen LogP contribution >= 0.6 is 0 Å². The molecular formula is C22H22F4N4O5S. The predicted octanol–water partition coefficient (Wildman–Crippen LogP) is 3.61. The number of ether oxygens (including phenoxy) is 2. The Hall–Kier alpha value is -3.42. The summed E-state index contributed by atoms with van der Waals surface area (Å²) in [6.07, 6.45) is -1.85. The van der Waals surface area contributed by atoms with Gasteiger partial charge in [0.05, 0.1) is 29.6 Å². The van der Waals surface area contributed by atoms with Gasteiger partial charge in [-0.05, 0) is 38.8 Å². The van der Waals surface area contributed by atoms with Gasteiger partial charge in [-0.25, -0.2) is 22.8 Å². The highest BCUT2D eigenvalue weighted by Crippen LogP contribution is 2.32. The summed E-state index contributed by atoms with van der Waals surface area (Å²) in [6, 6.07) is 3.71. The smallest absolute Gasteiger partial charge is 0.422 e. The van der Waals surface area contributed by atoms with Crippen molar-refractivity contribution in [1.29, 1.82) is 0 Å². The molecule has 4 heterocycles. The van der Waals surface area contributed by atoms with Gasteiger partial charge in [0.25, 0.3) is 11.8 Å². The average Bonchev–Trinajstić information content (AvgIpc) is 3.12. The number of alkyl halides is 3. The molecule has 0 atom stereocenters. The number of amides is 1. The van der Waals surface area contributed by atoms with E-state index in [1.54, 1.807) is 13.8 Å². The van der Waals surface area contributed by atoms with E-state index in [1.807, 2.05) is 0 Å². The van der Waals surface area contributed by atoms with Crippen molar-refractivity contribution in [3.8, 4) is 17.4 Å². The van der Waals surface area contributed by atoms with E-state index < -0.39 is 45.6 Å². The molecule has 194 valence electrons. The summed E-state index contributed by atoms with van der Waals surface area (Å²) in [6.45, 7) is 1.77. The molecule has 9 nitrogen and oxygen atoms in total. The first kappa shape index (κ1) is 25.7. The average molecular weight is 531 g/mol. The van der Waals surface area contributed by atoms with Crippen molar-refractivity contribution in [3.63, 3.8) is 0 Å². The number of carbonyl (C=O) groups is 1. The Morgan fingerprint density at radius 3 is 2.61 bits per heavy atom. The molecule has 0 spiro atoms. The Kier molecular flexibility index (Phi) is 6.58. The first-order valence-electron chi connectivity index (χ1n) is 10.8. The molecule has 1 fully saturated rings. The predicted molar refractivity (Wildman–Crippen MR) is 120 cm³/mol. The topological polar surface area (TPSA) is 112 Å². The molecule has 0 unspecified atom stereocenters. The molecule has 14 heteroatoms. The lowest BCUT2D eigenvalue weighted by atomic mass is 9.94. The second-order valence-corrected chi connectivity index (χ2v) is 11.1. The monoisotopic (exact) mass is 530 g/mol. The zero-order chi connectivity index (χ0) is 26.3. The van der Waals surface area contributed by atoms with Gasteiger partial charge in [0.2, 0.25) is 0 Å². The number of imidazole rings is 1. The Balaban J connectivity index is 1.55. The van der Waals surface area contributed by atoms with Crippen LogP contribution in [0.3, 0.4) is 0 Å². The number of aromatic nitrogens is 3. The Labute approximate surface area is 203 Å². The quantitative estimate of drug-likeness (QED) is 0.485. The second kappa shape index (κ2) is 9.22. The van der Waals surface area contributed by atoms with Gasteiger partial charge in [0.15, 0.2) is 12.4 Å². The van der Waals surface area contributed by atoms with Crippen molar-refractivity contribution >= 4 is 21.4 Å². The molecule has 0 radical (unpaired) electrons. The van der Waals surface area contributed by atoms with E-state index in [1.165, 1.54) is 22.7 Å². The van der Waals surface area contributed by atoms with Crippen molar-refractivity contribution in [1.82, 2.24) is 19.7 Å². The molecular weight excluding hydrogens is 508 g/mol. The molecule has 0 aliphatic carbocycles. The summed E-state index contributed by atoms with van der Waals surface area (Å²) >= 11 is 0. The van der Waals surface area contributed by atoms with Gasteiger partial charge < -0.3 is 14.8 Å². The summed E-state index contributed by atoms with van der Waals surface area (Å²) in [5.74, 6) is -2.19. The number of hydrogen-bond acceptors (Lipinski definition) is 7. The van der Waals surface area contributed by atoms with E-state index in [0.717, 1.165) is 12.3 Å². The maximum absolute atomic E-state index is 13.5. The molecule has 3 aromatic rings. The van der Waals surface area contributed by atoms with E-state index in [0.29, 0.717) is 11.3 Å². The standard InChI is InChI=1S/C22H22F4N4O5S/c1-13-18(19(31)29-21(2)5-7-36(32,33)8-6-21)28-17-4-3-15(11-30(13)17)35-20-16(9-14(23)10-27-20)34-12-22(24,25)26/h3-4,9-11H,5-8,12H2,1-2H3,(H,29,31). The van der Waals surface area contributed by atoms with Crippen LogP contribution in [0.2, 0.25) is 0 Å². The highest BCUT2D eigenvalue weighted by Gasteiger charge is 2.35. The highest BCUT2D eigenvalue weighted by atomic mass is 32.2. The molecule has 0 aromatic carbocycles. The molecule has 1 N–H and O–H groups in total. The highest BCUT2D eigenvalue weighted by molar-refractivity contribution is 7.91. The molecule has 4 rings (SSSR count). The summed E-state index contributed by atoms with van der Waals surface area (Å²) in [5.41, 5.74) is 0.262. The summed E-state index contributed by atoms with van der Waals surface area (Å²) < 4.78 is 86.3. The fourth-order valence-corrected chi connectivity index (χ4v) is 5.45. The first-order valence-corrected chi connectivity index (χ1v) is 12.6. The van der Waals surface area contributed by atoms with E-state index in [-0.39, 0.29) is 41.7 Å². The fraction of sp³-hybridized carbons (Fsp3) is 0.409. The van der Waals surface area contributed by atoms with Gasteiger partial charge in [-0.3, -0.25) is 9.20 Å². The summed E-state index contributed by atoms with van der Waals surface area (Å²) in [5, 5.41) is 2.88. The van der Waals surface area contributed by atoms with Crippen molar-refractivity contribution in [2.24, 2.45) is 0 Å². The Morgan fingerprint density at radius 2 is 1.94 bits per heavy atom. The van der Waals surface area contributed by atoms with Crippen LogP contribution in [0.5, 0.6) is 17.4 Å².